The first kappa shape index (κ1) is 19.0. The number of ketones is 1. The average Bonchev–Trinajstić information content (AvgIpc) is 3.34. The van der Waals surface area contributed by atoms with Gasteiger partial charge in [0.2, 0.25) is 0 Å². The van der Waals surface area contributed by atoms with E-state index in [1.54, 1.807) is 23.6 Å². The lowest BCUT2D eigenvalue weighted by Gasteiger charge is -2.17. The second-order valence-corrected chi connectivity index (χ2v) is 7.40. The van der Waals surface area contributed by atoms with Crippen molar-refractivity contribution in [2.75, 3.05) is 5.32 Å². The number of amides is 2. The minimum atomic E-state index is -1.25. The van der Waals surface area contributed by atoms with Gasteiger partial charge >= 0.3 is 12.0 Å². The Hall–Kier alpha value is -2.74. The number of nitrogens with one attached hydrogen (secondary N) is 2. The molecule has 0 radical (unpaired) electrons. The molecule has 1 aliphatic rings. The van der Waals surface area contributed by atoms with Gasteiger partial charge in [0.15, 0.2) is 11.8 Å². The molecule has 1 heterocycles. The van der Waals surface area contributed by atoms with Gasteiger partial charge in [-0.15, -0.1) is 11.3 Å². The van der Waals surface area contributed by atoms with E-state index in [0.717, 1.165) is 31.2 Å². The Kier molecular flexibility index (Phi) is 5.85. The fourth-order valence-corrected chi connectivity index (χ4v) is 3.87. The lowest BCUT2D eigenvalue weighted by molar-refractivity contribution is -0.139. The van der Waals surface area contributed by atoms with Crippen molar-refractivity contribution in [1.29, 1.82) is 0 Å². The fraction of sp³-hybridized carbons (Fsp3) is 0.368. The van der Waals surface area contributed by atoms with Gasteiger partial charge < -0.3 is 15.7 Å². The number of carbonyl (C=O) groups is 3. The number of carboxylic acid groups (broad SMARTS) is 1. The Bertz CT molecular complexity index is 845. The summed E-state index contributed by atoms with van der Waals surface area (Å²) in [5, 5.41) is 16.0. The molecule has 0 saturated heterocycles. The monoisotopic (exact) mass is 387 g/mol. The van der Waals surface area contributed by atoms with Gasteiger partial charge in [-0.05, 0) is 31.9 Å². The van der Waals surface area contributed by atoms with Crippen LogP contribution in [0.1, 0.15) is 53.3 Å². The maximum atomic E-state index is 12.8. The first-order chi connectivity index (χ1) is 13.0. The lowest BCUT2D eigenvalue weighted by atomic mass is 9.94. The molecule has 8 heteroatoms. The summed E-state index contributed by atoms with van der Waals surface area (Å²) in [6.07, 6.45) is 3.81. The Morgan fingerprint density at radius 1 is 1.26 bits per heavy atom. The van der Waals surface area contributed by atoms with Crippen LogP contribution in [-0.2, 0) is 4.79 Å². The van der Waals surface area contributed by atoms with Gasteiger partial charge in [0.1, 0.15) is 0 Å². The maximum absolute atomic E-state index is 12.8. The molecule has 1 unspecified atom stereocenters. The zero-order chi connectivity index (χ0) is 19.4. The summed E-state index contributed by atoms with van der Waals surface area (Å²) in [5.41, 5.74) is 3.54. The molecule has 0 spiro atoms. The fourth-order valence-electron chi connectivity index (χ4n) is 3.29. The Morgan fingerprint density at radius 2 is 2.00 bits per heavy atom. The molecular weight excluding hydrogens is 366 g/mol. The number of nitrogens with zero attached hydrogens (tertiary/aromatic N) is 1. The topological polar surface area (TPSA) is 108 Å². The van der Waals surface area contributed by atoms with Crippen LogP contribution in [0.15, 0.2) is 29.1 Å². The van der Waals surface area contributed by atoms with Crippen LogP contribution in [0.5, 0.6) is 0 Å². The van der Waals surface area contributed by atoms with Crippen LogP contribution in [0.3, 0.4) is 0 Å². The van der Waals surface area contributed by atoms with E-state index in [1.165, 1.54) is 16.8 Å². The first-order valence-corrected chi connectivity index (χ1v) is 9.73. The second kappa shape index (κ2) is 8.30. The minimum Gasteiger partial charge on any atom is -0.479 e. The molecule has 1 aromatic heterocycles. The molecule has 1 fully saturated rings. The zero-order valence-electron chi connectivity index (χ0n) is 14.9. The van der Waals surface area contributed by atoms with E-state index in [0.29, 0.717) is 11.3 Å². The standard InChI is InChI=1S/C19H21N3O4S/c1-11-6-7-14(13(8-11)17(23)12-4-2-3-5-12)21-19(26)22-16(18(24)25)15-9-27-10-20-15/h6-10,12,16H,2-5H2,1H3,(H,24,25)(H2,21,22,26). The van der Waals surface area contributed by atoms with Gasteiger partial charge in [0.25, 0.3) is 0 Å². The molecule has 0 bridgehead atoms. The lowest BCUT2D eigenvalue weighted by Crippen LogP contribution is -2.37. The van der Waals surface area contributed by atoms with Gasteiger partial charge in [0, 0.05) is 16.9 Å². The molecule has 142 valence electrons. The molecule has 7 nitrogen and oxygen atoms in total. The highest BCUT2D eigenvalue weighted by atomic mass is 32.1. The van der Waals surface area contributed by atoms with Crippen molar-refractivity contribution in [2.24, 2.45) is 5.92 Å². The molecule has 1 aliphatic carbocycles. The normalized spacial score (nSPS) is 15.3. The van der Waals surface area contributed by atoms with Crippen LogP contribution in [0.4, 0.5) is 10.5 Å². The van der Waals surface area contributed by atoms with Crippen LogP contribution >= 0.6 is 11.3 Å². The van der Waals surface area contributed by atoms with Crippen molar-refractivity contribution in [2.45, 2.75) is 38.6 Å². The highest BCUT2D eigenvalue weighted by molar-refractivity contribution is 7.07. The van der Waals surface area contributed by atoms with E-state index < -0.39 is 18.0 Å². The Balaban J connectivity index is 1.77. The second-order valence-electron chi connectivity index (χ2n) is 6.68. The predicted octanol–water partition coefficient (Wildman–Crippen LogP) is 3.77. The van der Waals surface area contributed by atoms with E-state index in [9.17, 15) is 19.5 Å². The molecule has 1 aromatic carbocycles. The molecule has 1 saturated carbocycles. The van der Waals surface area contributed by atoms with E-state index >= 15 is 0 Å². The number of benzene rings is 1. The van der Waals surface area contributed by atoms with Gasteiger partial charge in [-0.25, -0.2) is 14.6 Å². The molecular formula is C19H21N3O4S. The molecule has 2 amide bonds. The number of carbonyl (C=O) groups excluding carboxylic acids is 2. The molecule has 2 aromatic rings. The molecule has 3 N–H and O–H groups in total. The Labute approximate surface area is 160 Å². The number of thiazole rings is 1. The summed E-state index contributed by atoms with van der Waals surface area (Å²) >= 11 is 1.25. The van der Waals surface area contributed by atoms with Crippen molar-refractivity contribution in [3.8, 4) is 0 Å². The highest BCUT2D eigenvalue weighted by Crippen LogP contribution is 2.31. The summed E-state index contributed by atoms with van der Waals surface area (Å²) in [4.78, 5) is 40.6. The molecule has 0 aliphatic heterocycles. The quantitative estimate of drug-likeness (QED) is 0.654. The van der Waals surface area contributed by atoms with Crippen molar-refractivity contribution in [1.82, 2.24) is 10.3 Å². The van der Waals surface area contributed by atoms with E-state index in [1.807, 2.05) is 6.92 Å². The zero-order valence-corrected chi connectivity index (χ0v) is 15.7. The number of hydrogen-bond donors (Lipinski definition) is 3. The largest absolute Gasteiger partial charge is 0.479 e. The van der Waals surface area contributed by atoms with E-state index in [4.69, 9.17) is 0 Å². The number of aryl methyl sites for hydroxylation is 1. The van der Waals surface area contributed by atoms with Crippen LogP contribution in [0.25, 0.3) is 0 Å². The van der Waals surface area contributed by atoms with Crippen molar-refractivity contribution < 1.29 is 19.5 Å². The van der Waals surface area contributed by atoms with Crippen molar-refractivity contribution in [3.05, 3.63) is 45.9 Å². The Morgan fingerprint density at radius 3 is 2.63 bits per heavy atom. The number of urea groups is 1. The number of aliphatic carboxylic acids is 1. The van der Waals surface area contributed by atoms with Crippen LogP contribution < -0.4 is 10.6 Å². The smallest absolute Gasteiger partial charge is 0.332 e. The number of hydrogen-bond acceptors (Lipinski definition) is 5. The molecule has 3 rings (SSSR count). The van der Waals surface area contributed by atoms with Crippen molar-refractivity contribution >= 4 is 34.8 Å². The van der Waals surface area contributed by atoms with Gasteiger partial charge in [-0.1, -0.05) is 24.5 Å². The van der Waals surface area contributed by atoms with E-state index in [-0.39, 0.29) is 17.4 Å². The summed E-state index contributed by atoms with van der Waals surface area (Å²) in [6, 6.07) is 3.30. The first-order valence-electron chi connectivity index (χ1n) is 8.79. The summed E-state index contributed by atoms with van der Waals surface area (Å²) < 4.78 is 0. The average molecular weight is 387 g/mol. The summed E-state index contributed by atoms with van der Waals surface area (Å²) in [7, 11) is 0. The maximum Gasteiger partial charge on any atom is 0.332 e. The SMILES string of the molecule is Cc1ccc(NC(=O)NC(C(=O)O)c2cscn2)c(C(=O)C2CCCC2)c1. The number of aromatic nitrogens is 1. The molecule has 1 atom stereocenters. The third kappa shape index (κ3) is 4.51. The van der Waals surface area contributed by atoms with Crippen LogP contribution in [0.2, 0.25) is 0 Å². The number of anilines is 1. The van der Waals surface area contributed by atoms with Gasteiger partial charge in [0.05, 0.1) is 16.9 Å². The molecule has 27 heavy (non-hydrogen) atoms. The minimum absolute atomic E-state index is 0.0165. The number of Topliss-reactive ketones (excluding diaryl/α,β-unsaturated/α-hetero) is 1. The highest BCUT2D eigenvalue weighted by Gasteiger charge is 2.27. The van der Waals surface area contributed by atoms with Gasteiger partial charge in [-0.3, -0.25) is 4.79 Å². The van der Waals surface area contributed by atoms with Crippen LogP contribution in [-0.4, -0.2) is 27.9 Å². The van der Waals surface area contributed by atoms with Crippen LogP contribution in [0, 0.1) is 12.8 Å². The third-order valence-corrected chi connectivity index (χ3v) is 5.29. The third-order valence-electron chi connectivity index (χ3n) is 4.68. The summed E-state index contributed by atoms with van der Waals surface area (Å²) in [5.74, 6) is -1.19. The predicted molar refractivity (Wildman–Crippen MR) is 102 cm³/mol. The number of carboxylic acids is 1. The number of rotatable bonds is 6. The van der Waals surface area contributed by atoms with Crippen molar-refractivity contribution in [3.63, 3.8) is 0 Å². The summed E-state index contributed by atoms with van der Waals surface area (Å²) in [6.45, 7) is 1.89. The van der Waals surface area contributed by atoms with Gasteiger partial charge in [-0.2, -0.15) is 0 Å². The van der Waals surface area contributed by atoms with E-state index in [2.05, 4.69) is 15.6 Å².